The largest absolute Gasteiger partial charge is 0.316 e. The lowest BCUT2D eigenvalue weighted by Crippen LogP contribution is -2.30. The van der Waals surface area contributed by atoms with Crippen LogP contribution in [0.2, 0.25) is 0 Å². The van der Waals surface area contributed by atoms with E-state index in [9.17, 15) is 0 Å². The molecule has 0 radical (unpaired) electrons. The molecule has 1 saturated carbocycles. The molecular formula is C18H25NS. The Morgan fingerprint density at radius 2 is 2.10 bits per heavy atom. The predicted molar refractivity (Wildman–Crippen MR) is 89.7 cm³/mol. The van der Waals surface area contributed by atoms with Gasteiger partial charge in [-0.15, -0.1) is 11.3 Å². The van der Waals surface area contributed by atoms with Crippen molar-refractivity contribution in [3.05, 3.63) is 35.2 Å². The first kappa shape index (κ1) is 14.1. The van der Waals surface area contributed by atoms with E-state index in [4.69, 9.17) is 0 Å². The smallest absolute Gasteiger partial charge is 0.0377 e. The molecule has 2 aromatic rings. The third-order valence-corrected chi connectivity index (χ3v) is 5.63. The number of hydrogen-bond donors (Lipinski definition) is 1. The second-order valence-electron chi connectivity index (χ2n) is 6.04. The van der Waals surface area contributed by atoms with Crippen LogP contribution >= 0.6 is 11.3 Å². The molecule has 1 nitrogen and oxygen atoms in total. The molecule has 1 N–H and O–H groups in total. The van der Waals surface area contributed by atoms with Gasteiger partial charge in [-0.2, -0.15) is 0 Å². The maximum absolute atomic E-state index is 3.65. The molecule has 1 aromatic heterocycles. The average molecular weight is 287 g/mol. The first-order valence-corrected chi connectivity index (χ1v) is 8.95. The lowest BCUT2D eigenvalue weighted by atomic mass is 9.75. The molecule has 20 heavy (non-hydrogen) atoms. The maximum Gasteiger partial charge on any atom is 0.0377 e. The zero-order chi connectivity index (χ0) is 13.8. The molecule has 2 unspecified atom stereocenters. The van der Waals surface area contributed by atoms with Gasteiger partial charge in [-0.1, -0.05) is 38.0 Å². The Morgan fingerprint density at radius 1 is 1.20 bits per heavy atom. The van der Waals surface area contributed by atoms with Crippen LogP contribution in [0.1, 0.15) is 50.5 Å². The lowest BCUT2D eigenvalue weighted by Gasteiger charge is -2.32. The molecule has 2 atom stereocenters. The minimum atomic E-state index is 0.760. The van der Waals surface area contributed by atoms with E-state index in [2.05, 4.69) is 41.9 Å². The van der Waals surface area contributed by atoms with Gasteiger partial charge in [-0.3, -0.25) is 0 Å². The molecule has 0 aliphatic heterocycles. The Hall–Kier alpha value is -0.860. The van der Waals surface area contributed by atoms with Crippen LogP contribution in [0.5, 0.6) is 0 Å². The summed E-state index contributed by atoms with van der Waals surface area (Å²) in [6.07, 6.45) is 6.81. The minimum Gasteiger partial charge on any atom is -0.316 e. The van der Waals surface area contributed by atoms with E-state index in [1.807, 2.05) is 11.3 Å². The monoisotopic (exact) mass is 287 g/mol. The SMILES string of the molecule is CCCNCC1CCCCC1c1cccc2ccsc12. The molecule has 0 saturated heterocycles. The molecular weight excluding hydrogens is 262 g/mol. The summed E-state index contributed by atoms with van der Waals surface area (Å²) in [5, 5.41) is 7.32. The van der Waals surface area contributed by atoms with Crippen LogP contribution < -0.4 is 5.32 Å². The molecule has 108 valence electrons. The molecule has 1 aliphatic carbocycles. The van der Waals surface area contributed by atoms with Crippen LogP contribution in [-0.2, 0) is 0 Å². The normalized spacial score (nSPS) is 23.2. The molecule has 2 heteroatoms. The third kappa shape index (κ3) is 2.91. The summed E-state index contributed by atoms with van der Waals surface area (Å²) in [7, 11) is 0. The summed E-state index contributed by atoms with van der Waals surface area (Å²) in [5.41, 5.74) is 1.61. The van der Waals surface area contributed by atoms with Crippen molar-refractivity contribution in [2.45, 2.75) is 44.9 Å². The topological polar surface area (TPSA) is 12.0 Å². The Morgan fingerprint density at radius 3 is 3.00 bits per heavy atom. The second-order valence-corrected chi connectivity index (χ2v) is 6.96. The molecule has 3 rings (SSSR count). The highest BCUT2D eigenvalue weighted by Gasteiger charge is 2.27. The van der Waals surface area contributed by atoms with Gasteiger partial charge in [0.05, 0.1) is 0 Å². The van der Waals surface area contributed by atoms with Gasteiger partial charge in [0.25, 0.3) is 0 Å². The van der Waals surface area contributed by atoms with Crippen molar-refractivity contribution in [1.82, 2.24) is 5.32 Å². The summed E-state index contributed by atoms with van der Waals surface area (Å²) in [6, 6.07) is 9.14. The summed E-state index contributed by atoms with van der Waals surface area (Å²) in [5.74, 6) is 1.58. The van der Waals surface area contributed by atoms with Crippen molar-refractivity contribution >= 4 is 21.4 Å². The fourth-order valence-electron chi connectivity index (χ4n) is 3.63. The number of nitrogens with one attached hydrogen (secondary N) is 1. The summed E-state index contributed by atoms with van der Waals surface area (Å²) in [4.78, 5) is 0. The molecule has 0 bridgehead atoms. The zero-order valence-corrected chi connectivity index (χ0v) is 13.2. The number of hydrogen-bond acceptors (Lipinski definition) is 2. The van der Waals surface area contributed by atoms with Crippen molar-refractivity contribution in [2.75, 3.05) is 13.1 Å². The molecule has 0 amide bonds. The molecule has 1 heterocycles. The van der Waals surface area contributed by atoms with Gasteiger partial charge in [0, 0.05) is 4.70 Å². The fraction of sp³-hybridized carbons (Fsp3) is 0.556. The highest BCUT2D eigenvalue weighted by Crippen LogP contribution is 2.41. The highest BCUT2D eigenvalue weighted by atomic mass is 32.1. The molecule has 1 aromatic carbocycles. The molecule has 1 fully saturated rings. The van der Waals surface area contributed by atoms with Crippen molar-refractivity contribution < 1.29 is 0 Å². The van der Waals surface area contributed by atoms with Crippen molar-refractivity contribution in [1.29, 1.82) is 0 Å². The predicted octanol–water partition coefficient (Wildman–Crippen LogP) is 5.17. The quantitative estimate of drug-likeness (QED) is 0.748. The molecule has 1 aliphatic rings. The van der Waals surface area contributed by atoms with E-state index in [0.29, 0.717) is 0 Å². The van der Waals surface area contributed by atoms with Crippen LogP contribution in [0.25, 0.3) is 10.1 Å². The van der Waals surface area contributed by atoms with Crippen LogP contribution in [0.15, 0.2) is 29.6 Å². The van der Waals surface area contributed by atoms with Gasteiger partial charge in [0.15, 0.2) is 0 Å². The maximum atomic E-state index is 3.65. The van der Waals surface area contributed by atoms with E-state index in [1.54, 1.807) is 5.56 Å². The van der Waals surface area contributed by atoms with Crippen LogP contribution in [0, 0.1) is 5.92 Å². The van der Waals surface area contributed by atoms with E-state index >= 15 is 0 Å². The van der Waals surface area contributed by atoms with Crippen LogP contribution in [0.4, 0.5) is 0 Å². The standard InChI is InChI=1S/C18H25NS/c1-2-11-19-13-15-6-3-4-8-16(15)17-9-5-7-14-10-12-20-18(14)17/h5,7,9-10,12,15-16,19H,2-4,6,8,11,13H2,1H3. The Labute approximate surface area is 126 Å². The van der Waals surface area contributed by atoms with Crippen LogP contribution in [0.3, 0.4) is 0 Å². The first-order valence-electron chi connectivity index (χ1n) is 8.07. The van der Waals surface area contributed by atoms with Gasteiger partial charge >= 0.3 is 0 Å². The summed E-state index contributed by atoms with van der Waals surface area (Å²) >= 11 is 1.92. The van der Waals surface area contributed by atoms with E-state index in [0.717, 1.165) is 18.4 Å². The first-order chi connectivity index (χ1) is 9.90. The van der Waals surface area contributed by atoms with Gasteiger partial charge in [-0.25, -0.2) is 0 Å². The third-order valence-electron chi connectivity index (χ3n) is 4.65. The Balaban J connectivity index is 1.83. The van der Waals surface area contributed by atoms with Crippen molar-refractivity contribution in [3.63, 3.8) is 0 Å². The number of benzene rings is 1. The van der Waals surface area contributed by atoms with Gasteiger partial charge in [0.1, 0.15) is 0 Å². The van der Waals surface area contributed by atoms with Crippen molar-refractivity contribution in [2.24, 2.45) is 5.92 Å². The van der Waals surface area contributed by atoms with Crippen molar-refractivity contribution in [3.8, 4) is 0 Å². The highest BCUT2D eigenvalue weighted by molar-refractivity contribution is 7.17. The number of fused-ring (bicyclic) bond motifs is 1. The number of thiophene rings is 1. The average Bonchev–Trinajstić information content (AvgIpc) is 2.96. The summed E-state index contributed by atoms with van der Waals surface area (Å²) < 4.78 is 1.53. The Bertz CT molecular complexity index is 545. The van der Waals surface area contributed by atoms with Gasteiger partial charge in [0.2, 0.25) is 0 Å². The van der Waals surface area contributed by atoms with Gasteiger partial charge < -0.3 is 5.32 Å². The molecule has 0 spiro atoms. The fourth-order valence-corrected chi connectivity index (χ4v) is 4.61. The second kappa shape index (κ2) is 6.73. The van der Waals surface area contributed by atoms with Crippen LogP contribution in [-0.4, -0.2) is 13.1 Å². The Kier molecular flexibility index (Phi) is 4.74. The van der Waals surface area contributed by atoms with E-state index < -0.39 is 0 Å². The summed E-state index contributed by atoms with van der Waals surface area (Å²) in [6.45, 7) is 4.60. The minimum absolute atomic E-state index is 0.760. The van der Waals surface area contributed by atoms with Gasteiger partial charge in [-0.05, 0) is 66.6 Å². The van der Waals surface area contributed by atoms with E-state index in [-0.39, 0.29) is 0 Å². The number of rotatable bonds is 5. The lowest BCUT2D eigenvalue weighted by molar-refractivity contribution is 0.297. The van der Waals surface area contributed by atoms with E-state index in [1.165, 1.54) is 48.7 Å². The zero-order valence-electron chi connectivity index (χ0n) is 12.4.